The van der Waals surface area contributed by atoms with Gasteiger partial charge in [0.15, 0.2) is 5.78 Å². The number of carbonyl (C=O) groups excluding carboxylic acids is 1. The normalized spacial score (nSPS) is 10.2. The van der Waals surface area contributed by atoms with Crippen molar-refractivity contribution in [1.29, 1.82) is 0 Å². The summed E-state index contributed by atoms with van der Waals surface area (Å²) in [4.78, 5) is 22.5. The van der Waals surface area contributed by atoms with Gasteiger partial charge in [0.1, 0.15) is 5.75 Å². The lowest BCUT2D eigenvalue weighted by molar-refractivity contribution is -0.137. The summed E-state index contributed by atoms with van der Waals surface area (Å²) < 4.78 is 5.41. The zero-order valence-corrected chi connectivity index (χ0v) is 11.4. The van der Waals surface area contributed by atoms with Crippen LogP contribution in [0.5, 0.6) is 5.75 Å². The molecule has 4 heteroatoms. The molecule has 0 saturated carbocycles. The maximum atomic E-state index is 12.0. The van der Waals surface area contributed by atoms with Gasteiger partial charge >= 0.3 is 5.97 Å². The SMILES string of the molecule is CCOc1ccc(C(=O)CCCC(=O)O)c(CC)c1. The van der Waals surface area contributed by atoms with Crippen LogP contribution in [0.3, 0.4) is 0 Å². The molecule has 0 bridgehead atoms. The number of aliphatic carboxylic acids is 1. The van der Waals surface area contributed by atoms with Gasteiger partial charge < -0.3 is 9.84 Å². The van der Waals surface area contributed by atoms with Gasteiger partial charge in [-0.2, -0.15) is 0 Å². The Morgan fingerprint density at radius 1 is 1.21 bits per heavy atom. The summed E-state index contributed by atoms with van der Waals surface area (Å²) in [5, 5.41) is 8.57. The number of Topliss-reactive ketones (excluding diaryl/α,β-unsaturated/α-hetero) is 1. The molecule has 1 aromatic rings. The summed E-state index contributed by atoms with van der Waals surface area (Å²) >= 11 is 0. The van der Waals surface area contributed by atoms with Crippen molar-refractivity contribution in [3.05, 3.63) is 29.3 Å². The van der Waals surface area contributed by atoms with Gasteiger partial charge in [0.2, 0.25) is 0 Å². The van der Waals surface area contributed by atoms with Gasteiger partial charge in [0.05, 0.1) is 6.61 Å². The maximum absolute atomic E-state index is 12.0. The monoisotopic (exact) mass is 264 g/mol. The molecule has 0 aliphatic rings. The summed E-state index contributed by atoms with van der Waals surface area (Å²) in [6.07, 6.45) is 1.43. The molecule has 0 amide bonds. The van der Waals surface area contributed by atoms with Crippen molar-refractivity contribution in [1.82, 2.24) is 0 Å². The summed E-state index contributed by atoms with van der Waals surface area (Å²) in [6.45, 7) is 4.49. The number of benzene rings is 1. The largest absolute Gasteiger partial charge is 0.494 e. The van der Waals surface area contributed by atoms with E-state index in [1.165, 1.54) is 0 Å². The summed E-state index contributed by atoms with van der Waals surface area (Å²) in [5.74, 6) is -0.0993. The standard InChI is InChI=1S/C15H20O4/c1-3-11-10-12(19-4-2)8-9-13(11)14(16)6-5-7-15(17)18/h8-10H,3-7H2,1-2H3,(H,17,18). The topological polar surface area (TPSA) is 63.6 Å². The molecule has 0 heterocycles. The minimum atomic E-state index is -0.866. The minimum absolute atomic E-state index is 0.00106. The Hall–Kier alpha value is -1.84. The lowest BCUT2D eigenvalue weighted by atomic mass is 9.98. The van der Waals surface area contributed by atoms with E-state index < -0.39 is 5.97 Å². The quantitative estimate of drug-likeness (QED) is 0.733. The third-order valence-corrected chi connectivity index (χ3v) is 2.86. The average Bonchev–Trinajstić information content (AvgIpc) is 2.38. The Morgan fingerprint density at radius 2 is 1.95 bits per heavy atom. The molecular weight excluding hydrogens is 244 g/mol. The Bertz CT molecular complexity index is 451. The molecule has 0 unspecified atom stereocenters. The second-order valence-electron chi connectivity index (χ2n) is 4.28. The number of carboxylic acid groups (broad SMARTS) is 1. The molecule has 1 rings (SSSR count). The fourth-order valence-corrected chi connectivity index (χ4v) is 1.93. The van der Waals surface area contributed by atoms with Crippen LogP contribution in [0.1, 0.15) is 49.0 Å². The highest BCUT2D eigenvalue weighted by Crippen LogP contribution is 2.20. The smallest absolute Gasteiger partial charge is 0.303 e. The minimum Gasteiger partial charge on any atom is -0.494 e. The Balaban J connectivity index is 2.75. The molecular formula is C15H20O4. The van der Waals surface area contributed by atoms with Crippen LogP contribution in [-0.4, -0.2) is 23.5 Å². The highest BCUT2D eigenvalue weighted by Gasteiger charge is 2.12. The third-order valence-electron chi connectivity index (χ3n) is 2.86. The highest BCUT2D eigenvalue weighted by atomic mass is 16.5. The van der Waals surface area contributed by atoms with Crippen LogP contribution in [0.15, 0.2) is 18.2 Å². The first-order chi connectivity index (χ1) is 9.08. The van der Waals surface area contributed by atoms with E-state index in [1.54, 1.807) is 12.1 Å². The van der Waals surface area contributed by atoms with Crippen LogP contribution in [-0.2, 0) is 11.2 Å². The fraction of sp³-hybridized carbons (Fsp3) is 0.467. The summed E-state index contributed by atoms with van der Waals surface area (Å²) in [7, 11) is 0. The van der Waals surface area contributed by atoms with E-state index in [0.717, 1.165) is 17.7 Å². The first kappa shape index (κ1) is 15.2. The predicted octanol–water partition coefficient (Wildman–Crippen LogP) is 3.09. The lowest BCUT2D eigenvalue weighted by Crippen LogP contribution is -2.05. The van der Waals surface area contributed by atoms with Gasteiger partial charge in [-0.05, 0) is 43.5 Å². The lowest BCUT2D eigenvalue weighted by Gasteiger charge is -2.10. The van der Waals surface area contributed by atoms with Gasteiger partial charge in [-0.15, -0.1) is 0 Å². The molecule has 1 N–H and O–H groups in total. The molecule has 0 saturated heterocycles. The van der Waals surface area contributed by atoms with Crippen molar-refractivity contribution in [2.75, 3.05) is 6.61 Å². The Labute approximate surface area is 113 Å². The van der Waals surface area contributed by atoms with Crippen LogP contribution in [0, 0.1) is 0 Å². The Kier molecular flexibility index (Phi) is 6.06. The zero-order valence-electron chi connectivity index (χ0n) is 11.4. The van der Waals surface area contributed by atoms with Crippen LogP contribution >= 0.6 is 0 Å². The molecule has 104 valence electrons. The van der Waals surface area contributed by atoms with E-state index in [9.17, 15) is 9.59 Å². The molecule has 0 aromatic heterocycles. The first-order valence-corrected chi connectivity index (χ1v) is 6.59. The van der Waals surface area contributed by atoms with Gasteiger partial charge in [-0.3, -0.25) is 9.59 Å². The average molecular weight is 264 g/mol. The number of rotatable bonds is 8. The molecule has 19 heavy (non-hydrogen) atoms. The van der Waals surface area contributed by atoms with E-state index >= 15 is 0 Å². The Morgan fingerprint density at radius 3 is 2.53 bits per heavy atom. The van der Waals surface area contributed by atoms with E-state index in [4.69, 9.17) is 9.84 Å². The second kappa shape index (κ2) is 7.56. The molecule has 0 fully saturated rings. The number of hydrogen-bond acceptors (Lipinski definition) is 3. The molecule has 4 nitrogen and oxygen atoms in total. The van der Waals surface area contributed by atoms with E-state index in [0.29, 0.717) is 18.6 Å². The maximum Gasteiger partial charge on any atom is 0.303 e. The van der Waals surface area contributed by atoms with Crippen LogP contribution in [0.4, 0.5) is 0 Å². The number of ether oxygens (including phenoxy) is 1. The summed E-state index contributed by atoms with van der Waals surface area (Å²) in [5.41, 5.74) is 1.63. The van der Waals surface area contributed by atoms with E-state index in [2.05, 4.69) is 0 Å². The van der Waals surface area contributed by atoms with Gasteiger partial charge in [0, 0.05) is 18.4 Å². The molecule has 0 radical (unpaired) electrons. The summed E-state index contributed by atoms with van der Waals surface area (Å²) in [6, 6.07) is 5.44. The van der Waals surface area contributed by atoms with Gasteiger partial charge in [-0.1, -0.05) is 6.92 Å². The van der Waals surface area contributed by atoms with Crippen molar-refractivity contribution in [3.63, 3.8) is 0 Å². The van der Waals surface area contributed by atoms with E-state index in [1.807, 2.05) is 19.9 Å². The zero-order chi connectivity index (χ0) is 14.3. The van der Waals surface area contributed by atoms with Crippen molar-refractivity contribution in [3.8, 4) is 5.75 Å². The van der Waals surface area contributed by atoms with Crippen LogP contribution in [0.2, 0.25) is 0 Å². The predicted molar refractivity (Wildman–Crippen MR) is 72.8 cm³/mol. The van der Waals surface area contributed by atoms with E-state index in [-0.39, 0.29) is 18.6 Å². The van der Waals surface area contributed by atoms with Gasteiger partial charge in [-0.25, -0.2) is 0 Å². The van der Waals surface area contributed by atoms with Crippen molar-refractivity contribution in [2.24, 2.45) is 0 Å². The highest BCUT2D eigenvalue weighted by molar-refractivity contribution is 5.97. The molecule has 1 aromatic carbocycles. The third kappa shape index (κ3) is 4.73. The van der Waals surface area contributed by atoms with Crippen LogP contribution in [0.25, 0.3) is 0 Å². The van der Waals surface area contributed by atoms with Crippen molar-refractivity contribution in [2.45, 2.75) is 39.5 Å². The number of hydrogen-bond donors (Lipinski definition) is 1. The number of aryl methyl sites for hydroxylation is 1. The number of carboxylic acids is 1. The fourth-order valence-electron chi connectivity index (χ4n) is 1.93. The number of ketones is 1. The molecule has 0 aliphatic heterocycles. The first-order valence-electron chi connectivity index (χ1n) is 6.59. The second-order valence-corrected chi connectivity index (χ2v) is 4.28. The van der Waals surface area contributed by atoms with Gasteiger partial charge in [0.25, 0.3) is 0 Å². The number of carbonyl (C=O) groups is 2. The molecule has 0 aliphatic carbocycles. The van der Waals surface area contributed by atoms with Crippen molar-refractivity contribution < 1.29 is 19.4 Å². The van der Waals surface area contributed by atoms with Crippen molar-refractivity contribution >= 4 is 11.8 Å². The van der Waals surface area contributed by atoms with Crippen LogP contribution < -0.4 is 4.74 Å². The molecule has 0 spiro atoms. The molecule has 0 atom stereocenters.